The molecule has 1 aromatic heterocycles. The molecular weight excluding hydrogens is 580 g/mol. The summed E-state index contributed by atoms with van der Waals surface area (Å²) in [5.41, 5.74) is 7.37. The SMILES string of the molecule is COC(=O)Cc1cc(O[C@@H]2C[C@H]3C(=O)N[C@H](CC(=O)OC)CC/C=C/CCCCC[C@H](N)C(=O)N3C2)c2ccc(OC)cc2n1. The van der Waals surface area contributed by atoms with E-state index in [2.05, 4.69) is 22.5 Å². The number of carbonyl (C=O) groups excluding carboxylic acids is 4. The maximum Gasteiger partial charge on any atom is 0.311 e. The molecule has 45 heavy (non-hydrogen) atoms. The van der Waals surface area contributed by atoms with Crippen LogP contribution in [0, 0.1) is 0 Å². The molecule has 0 aliphatic carbocycles. The molecule has 12 nitrogen and oxygen atoms in total. The van der Waals surface area contributed by atoms with Crippen LogP contribution in [0.1, 0.15) is 63.5 Å². The van der Waals surface area contributed by atoms with Gasteiger partial charge in [-0.3, -0.25) is 24.2 Å². The van der Waals surface area contributed by atoms with Gasteiger partial charge in [0.05, 0.1) is 58.0 Å². The van der Waals surface area contributed by atoms with E-state index < -0.39 is 36.2 Å². The molecule has 3 N–H and O–H groups in total. The lowest BCUT2D eigenvalue weighted by atomic mass is 10.0. The van der Waals surface area contributed by atoms with Crippen LogP contribution in [0.15, 0.2) is 36.4 Å². The molecule has 0 saturated carbocycles. The molecule has 0 radical (unpaired) electrons. The van der Waals surface area contributed by atoms with Crippen LogP contribution in [-0.2, 0) is 35.1 Å². The predicted octanol–water partition coefficient (Wildman–Crippen LogP) is 2.98. The molecule has 0 unspecified atom stereocenters. The number of pyridine rings is 1. The Kier molecular flexibility index (Phi) is 12.1. The number of allylic oxidation sites excluding steroid dienone is 2. The Morgan fingerprint density at radius 3 is 2.53 bits per heavy atom. The molecule has 2 aliphatic rings. The standard InChI is InChI=1S/C33H44N4O8/c1-42-23-13-14-25-27(18-23)35-22(17-31(39)44-3)15-29(25)45-24-19-28-32(40)36-21(16-30(38)43-2)11-9-7-5-4-6-8-10-12-26(34)33(41)37(28)20-24/h5,7,13-15,18,21,24,26,28H,4,6,8-12,16-17,19-20,34H2,1-3H3,(H,36,40)/b7-5+/t21-,24+,26-,28-/m0/s1. The number of amides is 2. The highest BCUT2D eigenvalue weighted by Gasteiger charge is 2.42. The van der Waals surface area contributed by atoms with Crippen LogP contribution in [0.4, 0.5) is 0 Å². The topological polar surface area (TPSA) is 159 Å². The van der Waals surface area contributed by atoms with Crippen molar-refractivity contribution in [3.63, 3.8) is 0 Å². The molecule has 2 aromatic rings. The van der Waals surface area contributed by atoms with E-state index in [1.807, 2.05) is 6.07 Å². The minimum Gasteiger partial charge on any atom is -0.497 e. The number of benzene rings is 1. The van der Waals surface area contributed by atoms with Crippen molar-refractivity contribution in [2.75, 3.05) is 27.9 Å². The van der Waals surface area contributed by atoms with E-state index in [4.69, 9.17) is 24.7 Å². The minimum atomic E-state index is -0.847. The molecule has 2 aliphatic heterocycles. The first-order valence-electron chi connectivity index (χ1n) is 15.5. The minimum absolute atomic E-state index is 0.0195. The van der Waals surface area contributed by atoms with Crippen molar-refractivity contribution in [2.45, 2.75) is 88.4 Å². The van der Waals surface area contributed by atoms with Crippen molar-refractivity contribution in [3.8, 4) is 11.5 Å². The fourth-order valence-corrected chi connectivity index (χ4v) is 5.80. The summed E-state index contributed by atoms with van der Waals surface area (Å²) in [4.78, 5) is 57.8. The predicted molar refractivity (Wildman–Crippen MR) is 167 cm³/mol. The fraction of sp³-hybridized carbons (Fsp3) is 0.545. The summed E-state index contributed by atoms with van der Waals surface area (Å²) >= 11 is 0. The van der Waals surface area contributed by atoms with Crippen LogP contribution in [0.25, 0.3) is 10.9 Å². The zero-order valence-electron chi connectivity index (χ0n) is 26.3. The number of hydrogen-bond acceptors (Lipinski definition) is 10. The van der Waals surface area contributed by atoms with Gasteiger partial charge >= 0.3 is 11.9 Å². The number of ether oxygens (including phenoxy) is 4. The van der Waals surface area contributed by atoms with E-state index in [0.29, 0.717) is 47.4 Å². The molecule has 1 saturated heterocycles. The number of nitrogens with one attached hydrogen (secondary N) is 1. The number of methoxy groups -OCH3 is 3. The third kappa shape index (κ3) is 9.16. The fourth-order valence-electron chi connectivity index (χ4n) is 5.80. The van der Waals surface area contributed by atoms with E-state index in [-0.39, 0.29) is 37.6 Å². The van der Waals surface area contributed by atoms with Gasteiger partial charge in [0.1, 0.15) is 23.6 Å². The van der Waals surface area contributed by atoms with Crippen molar-refractivity contribution < 1.29 is 38.1 Å². The van der Waals surface area contributed by atoms with E-state index in [9.17, 15) is 19.2 Å². The first kappa shape index (κ1) is 33.7. The Morgan fingerprint density at radius 2 is 1.78 bits per heavy atom. The molecular formula is C33H44N4O8. The molecule has 4 atom stereocenters. The number of nitrogens with zero attached hydrogens (tertiary/aromatic N) is 2. The zero-order valence-corrected chi connectivity index (χ0v) is 26.3. The summed E-state index contributed by atoms with van der Waals surface area (Å²) in [6, 6.07) is 4.95. The van der Waals surface area contributed by atoms with Gasteiger partial charge in [-0.25, -0.2) is 0 Å². The second-order valence-electron chi connectivity index (χ2n) is 11.5. The number of nitrogens with two attached hydrogens (primary N) is 1. The third-order valence-electron chi connectivity index (χ3n) is 8.27. The molecule has 3 heterocycles. The first-order valence-corrected chi connectivity index (χ1v) is 15.5. The smallest absolute Gasteiger partial charge is 0.311 e. The zero-order chi connectivity index (χ0) is 32.3. The average molecular weight is 625 g/mol. The van der Waals surface area contributed by atoms with Crippen molar-refractivity contribution in [1.29, 1.82) is 0 Å². The summed E-state index contributed by atoms with van der Waals surface area (Å²) in [5.74, 6) is -0.516. The molecule has 2 amide bonds. The quantitative estimate of drug-likeness (QED) is 0.346. The molecule has 0 spiro atoms. The van der Waals surface area contributed by atoms with Crippen molar-refractivity contribution in [3.05, 3.63) is 42.1 Å². The summed E-state index contributed by atoms with van der Waals surface area (Å²) in [5, 5.41) is 3.68. The monoisotopic (exact) mass is 624 g/mol. The lowest BCUT2D eigenvalue weighted by Crippen LogP contribution is -2.53. The van der Waals surface area contributed by atoms with Crippen LogP contribution >= 0.6 is 0 Å². The van der Waals surface area contributed by atoms with Crippen LogP contribution in [0.3, 0.4) is 0 Å². The van der Waals surface area contributed by atoms with Crippen molar-refractivity contribution in [2.24, 2.45) is 5.73 Å². The maximum atomic E-state index is 13.8. The Hall–Kier alpha value is -4.19. The molecule has 244 valence electrons. The summed E-state index contributed by atoms with van der Waals surface area (Å²) in [6.07, 6.45) is 9.22. The van der Waals surface area contributed by atoms with Gasteiger partial charge in [-0.2, -0.15) is 0 Å². The normalized spacial score (nSPS) is 24.0. The van der Waals surface area contributed by atoms with Gasteiger partial charge in [-0.1, -0.05) is 25.0 Å². The Balaban J connectivity index is 1.63. The van der Waals surface area contributed by atoms with E-state index in [0.717, 1.165) is 25.7 Å². The Morgan fingerprint density at radius 1 is 1.00 bits per heavy atom. The number of rotatable bonds is 7. The van der Waals surface area contributed by atoms with Gasteiger partial charge < -0.3 is 34.9 Å². The number of aromatic nitrogens is 1. The van der Waals surface area contributed by atoms with Gasteiger partial charge in [-0.15, -0.1) is 0 Å². The molecule has 4 rings (SSSR count). The number of carbonyl (C=O) groups is 4. The van der Waals surface area contributed by atoms with Crippen LogP contribution in [0.2, 0.25) is 0 Å². The first-order chi connectivity index (χ1) is 21.7. The van der Waals surface area contributed by atoms with Crippen molar-refractivity contribution in [1.82, 2.24) is 15.2 Å². The lowest BCUT2D eigenvalue weighted by molar-refractivity contribution is -0.143. The van der Waals surface area contributed by atoms with Gasteiger partial charge in [0.15, 0.2) is 0 Å². The Bertz CT molecular complexity index is 1400. The van der Waals surface area contributed by atoms with Crippen LogP contribution in [-0.4, -0.2) is 85.7 Å². The van der Waals surface area contributed by atoms with Gasteiger partial charge in [0.25, 0.3) is 0 Å². The van der Waals surface area contributed by atoms with Gasteiger partial charge in [0, 0.05) is 30.0 Å². The van der Waals surface area contributed by atoms with Gasteiger partial charge in [0.2, 0.25) is 11.8 Å². The summed E-state index contributed by atoms with van der Waals surface area (Å²) < 4.78 is 21.6. The molecule has 1 aromatic carbocycles. The van der Waals surface area contributed by atoms with Gasteiger partial charge in [-0.05, 0) is 44.2 Å². The molecule has 1 fully saturated rings. The number of esters is 2. The lowest BCUT2D eigenvalue weighted by Gasteiger charge is -2.28. The second kappa shape index (κ2) is 16.2. The summed E-state index contributed by atoms with van der Waals surface area (Å²) in [6.45, 7) is 0.140. The Labute approximate surface area is 263 Å². The van der Waals surface area contributed by atoms with Crippen LogP contribution < -0.4 is 20.5 Å². The third-order valence-corrected chi connectivity index (χ3v) is 8.27. The largest absolute Gasteiger partial charge is 0.497 e. The molecule has 12 heteroatoms. The molecule has 0 bridgehead atoms. The maximum absolute atomic E-state index is 13.8. The van der Waals surface area contributed by atoms with Crippen LogP contribution in [0.5, 0.6) is 11.5 Å². The highest BCUT2D eigenvalue weighted by molar-refractivity contribution is 5.91. The number of fused-ring (bicyclic) bond motifs is 2. The highest BCUT2D eigenvalue weighted by Crippen LogP contribution is 2.32. The summed E-state index contributed by atoms with van der Waals surface area (Å²) in [7, 11) is 4.18. The highest BCUT2D eigenvalue weighted by atomic mass is 16.5. The van der Waals surface area contributed by atoms with Crippen molar-refractivity contribution >= 4 is 34.7 Å². The van der Waals surface area contributed by atoms with E-state index in [1.54, 1.807) is 25.3 Å². The second-order valence-corrected chi connectivity index (χ2v) is 11.5. The average Bonchev–Trinajstić information content (AvgIpc) is 3.46. The van der Waals surface area contributed by atoms with E-state index >= 15 is 0 Å². The number of hydrogen-bond donors (Lipinski definition) is 2. The van der Waals surface area contributed by atoms with E-state index in [1.165, 1.54) is 19.1 Å².